The summed E-state index contributed by atoms with van der Waals surface area (Å²) in [6.07, 6.45) is 7.94. The number of carbonyl (C=O) groups is 1. The van der Waals surface area contributed by atoms with E-state index in [1.807, 2.05) is 6.92 Å². The molecular formula is C14H26N2O2. The molecule has 2 N–H and O–H groups in total. The molecule has 3 unspecified atom stereocenters. The number of piperidine rings is 1. The molecular weight excluding hydrogens is 228 g/mol. The minimum atomic E-state index is -0.481. The third-order valence-corrected chi connectivity index (χ3v) is 4.38. The Balaban J connectivity index is 1.88. The predicted octanol–water partition coefficient (Wildman–Crippen LogP) is 1.53. The van der Waals surface area contributed by atoms with Crippen LogP contribution >= 0.6 is 0 Å². The molecule has 1 heterocycles. The van der Waals surface area contributed by atoms with Gasteiger partial charge in [-0.2, -0.15) is 0 Å². The van der Waals surface area contributed by atoms with E-state index in [1.165, 1.54) is 38.5 Å². The Kier molecular flexibility index (Phi) is 5.01. The van der Waals surface area contributed by atoms with Crippen LogP contribution in [-0.2, 0) is 9.53 Å². The number of esters is 1. The molecule has 0 amide bonds. The number of hydrogen-bond acceptors (Lipinski definition) is 4. The van der Waals surface area contributed by atoms with Gasteiger partial charge in [0.05, 0.1) is 6.61 Å². The standard InChI is InChI=1S/C14H26N2O2/c1-2-18-14(17)12(15)10-16-9-5-7-11-6-3-4-8-13(11)16/h11-13H,2-10,15H2,1H3. The van der Waals surface area contributed by atoms with Crippen LogP contribution in [0, 0.1) is 5.92 Å². The van der Waals surface area contributed by atoms with Crippen molar-refractivity contribution in [1.29, 1.82) is 0 Å². The lowest BCUT2D eigenvalue weighted by atomic mass is 9.78. The summed E-state index contributed by atoms with van der Waals surface area (Å²) < 4.78 is 4.99. The molecule has 0 aromatic carbocycles. The highest BCUT2D eigenvalue weighted by Crippen LogP contribution is 2.35. The number of likely N-dealkylation sites (tertiary alicyclic amines) is 1. The summed E-state index contributed by atoms with van der Waals surface area (Å²) in [5.41, 5.74) is 5.94. The Morgan fingerprint density at radius 1 is 1.33 bits per heavy atom. The van der Waals surface area contributed by atoms with Crippen molar-refractivity contribution in [2.24, 2.45) is 11.7 Å². The van der Waals surface area contributed by atoms with Gasteiger partial charge >= 0.3 is 5.97 Å². The Bertz CT molecular complexity index is 281. The van der Waals surface area contributed by atoms with Gasteiger partial charge in [0, 0.05) is 12.6 Å². The maximum atomic E-state index is 11.6. The van der Waals surface area contributed by atoms with Crippen LogP contribution in [0.25, 0.3) is 0 Å². The highest BCUT2D eigenvalue weighted by Gasteiger charge is 2.34. The van der Waals surface area contributed by atoms with Crippen LogP contribution in [-0.4, -0.2) is 42.6 Å². The molecule has 4 nitrogen and oxygen atoms in total. The molecule has 0 radical (unpaired) electrons. The summed E-state index contributed by atoms with van der Waals surface area (Å²) in [5.74, 6) is 0.581. The highest BCUT2D eigenvalue weighted by molar-refractivity contribution is 5.75. The Hall–Kier alpha value is -0.610. The average Bonchev–Trinajstić information content (AvgIpc) is 2.39. The molecule has 1 aliphatic carbocycles. The van der Waals surface area contributed by atoms with Crippen molar-refractivity contribution in [3.05, 3.63) is 0 Å². The van der Waals surface area contributed by atoms with E-state index in [9.17, 15) is 4.79 Å². The highest BCUT2D eigenvalue weighted by atomic mass is 16.5. The average molecular weight is 254 g/mol. The molecule has 2 fully saturated rings. The summed E-state index contributed by atoms with van der Waals surface area (Å²) in [4.78, 5) is 14.0. The zero-order valence-corrected chi connectivity index (χ0v) is 11.4. The second-order valence-electron chi connectivity index (χ2n) is 5.61. The van der Waals surface area contributed by atoms with Gasteiger partial charge in [0.2, 0.25) is 0 Å². The van der Waals surface area contributed by atoms with E-state index >= 15 is 0 Å². The number of nitrogens with zero attached hydrogens (tertiary/aromatic N) is 1. The second-order valence-corrected chi connectivity index (χ2v) is 5.61. The number of carbonyl (C=O) groups excluding carboxylic acids is 1. The molecule has 104 valence electrons. The molecule has 0 aromatic heterocycles. The van der Waals surface area contributed by atoms with Crippen LogP contribution < -0.4 is 5.73 Å². The van der Waals surface area contributed by atoms with E-state index < -0.39 is 6.04 Å². The van der Waals surface area contributed by atoms with Crippen molar-refractivity contribution in [2.45, 2.75) is 57.5 Å². The Labute approximate surface area is 110 Å². The van der Waals surface area contributed by atoms with Crippen molar-refractivity contribution >= 4 is 5.97 Å². The minimum absolute atomic E-state index is 0.254. The van der Waals surface area contributed by atoms with Gasteiger partial charge in [-0.15, -0.1) is 0 Å². The van der Waals surface area contributed by atoms with Crippen LogP contribution in [0.15, 0.2) is 0 Å². The van der Waals surface area contributed by atoms with Crippen molar-refractivity contribution in [2.75, 3.05) is 19.7 Å². The second kappa shape index (κ2) is 6.53. The number of fused-ring (bicyclic) bond motifs is 1. The van der Waals surface area contributed by atoms with E-state index in [1.54, 1.807) is 0 Å². The SMILES string of the molecule is CCOC(=O)C(N)CN1CCCC2CCCCC21. The first kappa shape index (κ1) is 13.8. The first-order valence-electron chi connectivity index (χ1n) is 7.38. The van der Waals surface area contributed by atoms with Gasteiger partial charge in [-0.05, 0) is 45.1 Å². The largest absolute Gasteiger partial charge is 0.465 e. The molecule has 2 aliphatic rings. The normalized spacial score (nSPS) is 30.6. The topological polar surface area (TPSA) is 55.6 Å². The fourth-order valence-electron chi connectivity index (χ4n) is 3.53. The molecule has 4 heteroatoms. The Morgan fingerprint density at radius 3 is 2.83 bits per heavy atom. The number of rotatable bonds is 4. The van der Waals surface area contributed by atoms with Gasteiger partial charge in [0.15, 0.2) is 0 Å². The van der Waals surface area contributed by atoms with Gasteiger partial charge in [-0.3, -0.25) is 9.69 Å². The van der Waals surface area contributed by atoms with Crippen LogP contribution in [0.4, 0.5) is 0 Å². The van der Waals surface area contributed by atoms with Gasteiger partial charge in [0.25, 0.3) is 0 Å². The lowest BCUT2D eigenvalue weighted by Crippen LogP contribution is -2.52. The van der Waals surface area contributed by atoms with Crippen molar-refractivity contribution in [1.82, 2.24) is 4.90 Å². The molecule has 2 rings (SSSR count). The summed E-state index contributed by atoms with van der Waals surface area (Å²) in [5, 5.41) is 0. The third-order valence-electron chi connectivity index (χ3n) is 4.38. The van der Waals surface area contributed by atoms with Crippen molar-refractivity contribution in [3.63, 3.8) is 0 Å². The number of ether oxygens (including phenoxy) is 1. The summed E-state index contributed by atoms with van der Waals surface area (Å²) in [6, 6.07) is 0.179. The fraction of sp³-hybridized carbons (Fsp3) is 0.929. The molecule has 3 atom stereocenters. The van der Waals surface area contributed by atoms with Crippen molar-refractivity contribution in [3.8, 4) is 0 Å². The van der Waals surface area contributed by atoms with E-state index in [4.69, 9.17) is 10.5 Å². The van der Waals surface area contributed by atoms with E-state index in [-0.39, 0.29) is 5.97 Å². The van der Waals surface area contributed by atoms with Gasteiger partial charge < -0.3 is 10.5 Å². The zero-order chi connectivity index (χ0) is 13.0. The van der Waals surface area contributed by atoms with Crippen LogP contribution in [0.2, 0.25) is 0 Å². The molecule has 0 bridgehead atoms. The smallest absolute Gasteiger partial charge is 0.324 e. The van der Waals surface area contributed by atoms with E-state index in [0.29, 0.717) is 19.2 Å². The van der Waals surface area contributed by atoms with Gasteiger partial charge in [-0.1, -0.05) is 12.8 Å². The fourth-order valence-corrected chi connectivity index (χ4v) is 3.53. The van der Waals surface area contributed by atoms with Gasteiger partial charge in [-0.25, -0.2) is 0 Å². The summed E-state index contributed by atoms with van der Waals surface area (Å²) in [7, 11) is 0. The monoisotopic (exact) mass is 254 g/mol. The van der Waals surface area contributed by atoms with Crippen molar-refractivity contribution < 1.29 is 9.53 Å². The van der Waals surface area contributed by atoms with Gasteiger partial charge in [0.1, 0.15) is 6.04 Å². The maximum Gasteiger partial charge on any atom is 0.324 e. The third kappa shape index (κ3) is 3.23. The van der Waals surface area contributed by atoms with E-state index in [0.717, 1.165) is 12.5 Å². The van der Waals surface area contributed by atoms with Crippen LogP contribution in [0.3, 0.4) is 0 Å². The predicted molar refractivity (Wildman–Crippen MR) is 71.2 cm³/mol. The molecule has 0 spiro atoms. The van der Waals surface area contributed by atoms with Crippen LogP contribution in [0.5, 0.6) is 0 Å². The van der Waals surface area contributed by atoms with E-state index in [2.05, 4.69) is 4.90 Å². The molecule has 1 aliphatic heterocycles. The lowest BCUT2D eigenvalue weighted by molar-refractivity contribution is -0.145. The summed E-state index contributed by atoms with van der Waals surface area (Å²) in [6.45, 7) is 4.00. The first-order valence-corrected chi connectivity index (χ1v) is 7.38. The lowest BCUT2D eigenvalue weighted by Gasteiger charge is -2.44. The molecule has 0 aromatic rings. The molecule has 1 saturated heterocycles. The number of nitrogens with two attached hydrogens (primary N) is 1. The zero-order valence-electron chi connectivity index (χ0n) is 11.4. The van der Waals surface area contributed by atoms with Crippen LogP contribution in [0.1, 0.15) is 45.4 Å². The number of hydrogen-bond donors (Lipinski definition) is 1. The molecule has 1 saturated carbocycles. The summed E-state index contributed by atoms with van der Waals surface area (Å²) >= 11 is 0. The first-order chi connectivity index (χ1) is 8.72. The minimum Gasteiger partial charge on any atom is -0.465 e. The molecule has 18 heavy (non-hydrogen) atoms. The maximum absolute atomic E-state index is 11.6. The Morgan fingerprint density at radius 2 is 2.06 bits per heavy atom. The quantitative estimate of drug-likeness (QED) is 0.773.